The van der Waals surface area contributed by atoms with Crippen LogP contribution in [0.5, 0.6) is 0 Å². The molecule has 0 saturated heterocycles. The molecule has 6 heteroatoms. The minimum atomic E-state index is -0.264. The van der Waals surface area contributed by atoms with E-state index in [-0.39, 0.29) is 24.8 Å². The number of unbranched alkanes of at least 4 members (excludes halogenated alkanes) is 2. The van der Waals surface area contributed by atoms with Crippen molar-refractivity contribution in [1.29, 1.82) is 0 Å². The molecule has 0 radical (unpaired) electrons. The molecule has 0 aliphatic carbocycles. The molecule has 6 nitrogen and oxygen atoms in total. The van der Waals surface area contributed by atoms with Gasteiger partial charge in [-0.05, 0) is 32.1 Å². The zero-order valence-corrected chi connectivity index (χ0v) is 13.2. The van der Waals surface area contributed by atoms with Gasteiger partial charge in [-0.15, -0.1) is 0 Å². The quantitative estimate of drug-likeness (QED) is 0.361. The molecule has 0 rings (SSSR count). The number of carbonyl (C=O) groups is 2. The predicted octanol–water partition coefficient (Wildman–Crippen LogP) is 2.10. The summed E-state index contributed by atoms with van der Waals surface area (Å²) in [5.41, 5.74) is 0. The highest BCUT2D eigenvalue weighted by Gasteiger charge is 2.07. The molecule has 0 bridgehead atoms. The second-order valence-corrected chi connectivity index (χ2v) is 4.69. The van der Waals surface area contributed by atoms with Crippen LogP contribution in [0.25, 0.3) is 0 Å². The highest BCUT2D eigenvalue weighted by molar-refractivity contribution is 5.72. The summed E-state index contributed by atoms with van der Waals surface area (Å²) in [6.07, 6.45) is 4.31. The fraction of sp³-hybridized carbons (Fsp3) is 0.867. The zero-order valence-electron chi connectivity index (χ0n) is 13.2. The maximum absolute atomic E-state index is 11.4. The Bertz CT molecular complexity index is 241. The monoisotopic (exact) mass is 304 g/mol. The molecule has 0 heterocycles. The fourth-order valence-electron chi connectivity index (χ4n) is 1.59. The van der Waals surface area contributed by atoms with E-state index in [1.807, 2.05) is 0 Å². The van der Waals surface area contributed by atoms with E-state index in [4.69, 9.17) is 18.9 Å². The van der Waals surface area contributed by atoms with E-state index in [1.54, 1.807) is 14.2 Å². The van der Waals surface area contributed by atoms with Gasteiger partial charge in [-0.3, -0.25) is 9.59 Å². The fourth-order valence-corrected chi connectivity index (χ4v) is 1.59. The molecule has 0 aliphatic rings. The molecule has 0 aliphatic heterocycles. The molecule has 124 valence electrons. The molecule has 0 N–H and O–H groups in total. The van der Waals surface area contributed by atoms with Crippen LogP contribution in [-0.4, -0.2) is 52.6 Å². The van der Waals surface area contributed by atoms with E-state index in [1.165, 1.54) is 0 Å². The topological polar surface area (TPSA) is 71.1 Å². The summed E-state index contributed by atoms with van der Waals surface area (Å²) in [7, 11) is 3.28. The summed E-state index contributed by atoms with van der Waals surface area (Å²) < 4.78 is 19.9. The Labute approximate surface area is 127 Å². The van der Waals surface area contributed by atoms with E-state index < -0.39 is 0 Å². The van der Waals surface area contributed by atoms with Crippen LogP contribution >= 0.6 is 0 Å². The molecular formula is C15H28O6. The summed E-state index contributed by atoms with van der Waals surface area (Å²) in [6.45, 7) is 2.17. The highest BCUT2D eigenvalue weighted by Crippen LogP contribution is 2.02. The van der Waals surface area contributed by atoms with E-state index in [9.17, 15) is 9.59 Å². The van der Waals surface area contributed by atoms with Crippen LogP contribution in [0.2, 0.25) is 0 Å². The van der Waals surface area contributed by atoms with Gasteiger partial charge in [-0.1, -0.05) is 0 Å². The Morgan fingerprint density at radius 2 is 1.00 bits per heavy atom. The number of carbonyl (C=O) groups excluding carboxylic acids is 2. The molecule has 21 heavy (non-hydrogen) atoms. The first kappa shape index (κ1) is 19.9. The minimum absolute atomic E-state index is 0.253. The Kier molecular flexibility index (Phi) is 14.4. The number of hydrogen-bond acceptors (Lipinski definition) is 6. The summed E-state index contributed by atoms with van der Waals surface area (Å²) in [4.78, 5) is 22.7. The maximum Gasteiger partial charge on any atom is 0.305 e. The summed E-state index contributed by atoms with van der Waals surface area (Å²) in [6, 6.07) is 0. The first-order chi connectivity index (χ1) is 10.2. The van der Waals surface area contributed by atoms with Crippen LogP contribution in [0.3, 0.4) is 0 Å². The van der Waals surface area contributed by atoms with Crippen LogP contribution in [-0.2, 0) is 28.5 Å². The van der Waals surface area contributed by atoms with Gasteiger partial charge in [0, 0.05) is 40.3 Å². The van der Waals surface area contributed by atoms with Crippen molar-refractivity contribution in [3.63, 3.8) is 0 Å². The third-order valence-electron chi connectivity index (χ3n) is 2.77. The van der Waals surface area contributed by atoms with Gasteiger partial charge in [0.25, 0.3) is 0 Å². The first-order valence-electron chi connectivity index (χ1n) is 7.49. The summed E-state index contributed by atoms with van der Waals surface area (Å²) in [5, 5.41) is 0. The maximum atomic E-state index is 11.4. The van der Waals surface area contributed by atoms with Crippen molar-refractivity contribution in [2.24, 2.45) is 0 Å². The molecular weight excluding hydrogens is 276 g/mol. The summed E-state index contributed by atoms with van der Waals surface area (Å²) >= 11 is 0. The number of esters is 2. The Morgan fingerprint density at radius 1 is 0.619 bits per heavy atom. The number of ether oxygens (including phenoxy) is 4. The lowest BCUT2D eigenvalue weighted by molar-refractivity contribution is -0.145. The third-order valence-corrected chi connectivity index (χ3v) is 2.77. The molecule has 0 aromatic rings. The van der Waals surface area contributed by atoms with Crippen LogP contribution < -0.4 is 0 Å². The lowest BCUT2D eigenvalue weighted by atomic mass is 10.2. The largest absolute Gasteiger partial charge is 0.466 e. The van der Waals surface area contributed by atoms with Gasteiger partial charge in [-0.2, -0.15) is 0 Å². The smallest absolute Gasteiger partial charge is 0.305 e. The van der Waals surface area contributed by atoms with Crippen molar-refractivity contribution in [2.45, 2.75) is 44.9 Å². The van der Waals surface area contributed by atoms with Crippen LogP contribution in [0.4, 0.5) is 0 Å². The molecule has 0 fully saturated rings. The highest BCUT2D eigenvalue weighted by atomic mass is 16.5. The molecule has 0 saturated carbocycles. The average molecular weight is 304 g/mol. The minimum Gasteiger partial charge on any atom is -0.466 e. The van der Waals surface area contributed by atoms with Gasteiger partial charge < -0.3 is 18.9 Å². The van der Waals surface area contributed by atoms with Crippen molar-refractivity contribution in [3.05, 3.63) is 0 Å². The van der Waals surface area contributed by atoms with Gasteiger partial charge in [-0.25, -0.2) is 0 Å². The second-order valence-electron chi connectivity index (χ2n) is 4.69. The Balaban J connectivity index is 3.34. The van der Waals surface area contributed by atoms with Crippen molar-refractivity contribution >= 4 is 11.9 Å². The average Bonchev–Trinajstić information content (AvgIpc) is 2.47. The molecule has 0 atom stereocenters. The van der Waals surface area contributed by atoms with Gasteiger partial charge in [0.15, 0.2) is 0 Å². The van der Waals surface area contributed by atoms with Crippen molar-refractivity contribution in [3.8, 4) is 0 Å². The van der Waals surface area contributed by atoms with Crippen molar-refractivity contribution in [2.75, 3.05) is 40.6 Å². The zero-order chi connectivity index (χ0) is 15.8. The number of methoxy groups -OCH3 is 2. The lowest BCUT2D eigenvalue weighted by Crippen LogP contribution is -2.09. The number of rotatable bonds is 14. The molecule has 0 aromatic heterocycles. The lowest BCUT2D eigenvalue weighted by Gasteiger charge is -2.06. The molecule has 0 unspecified atom stereocenters. The third kappa shape index (κ3) is 15.1. The first-order valence-corrected chi connectivity index (χ1v) is 7.49. The Hall–Kier alpha value is -1.14. The normalized spacial score (nSPS) is 10.4. The van der Waals surface area contributed by atoms with Gasteiger partial charge in [0.05, 0.1) is 13.2 Å². The number of hydrogen-bond donors (Lipinski definition) is 0. The van der Waals surface area contributed by atoms with Gasteiger partial charge >= 0.3 is 11.9 Å². The van der Waals surface area contributed by atoms with E-state index in [0.717, 1.165) is 25.7 Å². The van der Waals surface area contributed by atoms with Crippen molar-refractivity contribution < 1.29 is 28.5 Å². The second kappa shape index (κ2) is 15.3. The molecule has 0 spiro atoms. The Morgan fingerprint density at radius 3 is 1.38 bits per heavy atom. The van der Waals surface area contributed by atoms with E-state index in [0.29, 0.717) is 32.8 Å². The predicted molar refractivity (Wildman–Crippen MR) is 78.0 cm³/mol. The van der Waals surface area contributed by atoms with E-state index >= 15 is 0 Å². The van der Waals surface area contributed by atoms with Crippen LogP contribution in [0.15, 0.2) is 0 Å². The standard InChI is InChI=1S/C15H28O6/c1-18-10-3-5-12-20-14(16)8-7-9-15(17)21-13-6-4-11-19-2/h3-13H2,1-2H3. The molecule has 0 aromatic carbocycles. The van der Waals surface area contributed by atoms with Gasteiger partial charge in [0.2, 0.25) is 0 Å². The van der Waals surface area contributed by atoms with Crippen LogP contribution in [0.1, 0.15) is 44.9 Å². The summed E-state index contributed by atoms with van der Waals surface area (Å²) in [5.74, 6) is -0.527. The van der Waals surface area contributed by atoms with E-state index in [2.05, 4.69) is 0 Å². The van der Waals surface area contributed by atoms with Gasteiger partial charge in [0.1, 0.15) is 0 Å². The molecule has 0 amide bonds. The van der Waals surface area contributed by atoms with Crippen LogP contribution in [0, 0.1) is 0 Å². The van der Waals surface area contributed by atoms with Crippen molar-refractivity contribution in [1.82, 2.24) is 0 Å². The SMILES string of the molecule is COCCCCOC(=O)CCCC(=O)OCCCCOC.